The van der Waals surface area contributed by atoms with Gasteiger partial charge in [-0.25, -0.2) is 0 Å². The molecule has 1 aromatic rings. The molecular weight excluding hydrogens is 256 g/mol. The molecule has 0 aromatic heterocycles. The average molecular weight is 276 g/mol. The van der Waals surface area contributed by atoms with E-state index in [1.54, 1.807) is 31.4 Å². The molecule has 1 fully saturated rings. The normalized spacial score (nSPS) is 15.5. The molecule has 2 rings (SSSR count). The maximum atomic E-state index is 12.0. The maximum absolute atomic E-state index is 12.0. The van der Waals surface area contributed by atoms with Crippen LogP contribution in [0.4, 0.5) is 5.69 Å². The molecule has 2 amide bonds. The molecule has 0 saturated heterocycles. The fraction of sp³-hybridized carbons (Fsp3) is 0.467. The predicted octanol–water partition coefficient (Wildman–Crippen LogP) is 1.80. The van der Waals surface area contributed by atoms with Gasteiger partial charge in [-0.3, -0.25) is 9.59 Å². The first-order valence-corrected chi connectivity index (χ1v) is 6.81. The molecule has 1 atom stereocenters. The minimum Gasteiger partial charge on any atom is -0.383 e. The van der Waals surface area contributed by atoms with Gasteiger partial charge in [0.2, 0.25) is 5.91 Å². The van der Waals surface area contributed by atoms with Crippen molar-refractivity contribution in [3.63, 3.8) is 0 Å². The second-order valence-corrected chi connectivity index (χ2v) is 5.17. The number of hydrogen-bond acceptors (Lipinski definition) is 3. The summed E-state index contributed by atoms with van der Waals surface area (Å²) >= 11 is 0. The second kappa shape index (κ2) is 6.52. The molecule has 0 heterocycles. The number of anilines is 1. The van der Waals surface area contributed by atoms with Crippen LogP contribution in [0.1, 0.15) is 30.1 Å². The Balaban J connectivity index is 1.97. The lowest BCUT2D eigenvalue weighted by molar-refractivity contribution is -0.117. The molecule has 108 valence electrons. The van der Waals surface area contributed by atoms with Crippen LogP contribution in [0.25, 0.3) is 0 Å². The van der Waals surface area contributed by atoms with Crippen molar-refractivity contribution in [2.24, 2.45) is 5.92 Å². The van der Waals surface area contributed by atoms with Crippen LogP contribution < -0.4 is 10.6 Å². The summed E-state index contributed by atoms with van der Waals surface area (Å²) in [7, 11) is 1.59. The Morgan fingerprint density at radius 2 is 2.15 bits per heavy atom. The molecular formula is C15H20N2O3. The molecule has 5 heteroatoms. The van der Waals surface area contributed by atoms with Gasteiger partial charge in [-0.05, 0) is 38.0 Å². The fourth-order valence-electron chi connectivity index (χ4n) is 1.93. The number of carbonyl (C=O) groups excluding carboxylic acids is 2. The van der Waals surface area contributed by atoms with Gasteiger partial charge in [-0.15, -0.1) is 0 Å². The summed E-state index contributed by atoms with van der Waals surface area (Å²) in [5.41, 5.74) is 1.19. The summed E-state index contributed by atoms with van der Waals surface area (Å²) in [5.74, 6) is 0.0154. The van der Waals surface area contributed by atoms with E-state index in [1.807, 2.05) is 6.92 Å². The Morgan fingerprint density at radius 1 is 1.40 bits per heavy atom. The number of rotatable bonds is 6. The highest BCUT2D eigenvalue weighted by molar-refractivity contribution is 5.98. The Bertz CT molecular complexity index is 498. The average Bonchev–Trinajstić information content (AvgIpc) is 3.23. The van der Waals surface area contributed by atoms with Crippen molar-refractivity contribution in [1.82, 2.24) is 5.32 Å². The minimum atomic E-state index is -0.169. The number of amides is 2. The Morgan fingerprint density at radius 3 is 2.80 bits per heavy atom. The predicted molar refractivity (Wildman–Crippen MR) is 76.6 cm³/mol. The molecule has 1 aliphatic rings. The standard InChI is InChI=1S/C15H20N2O3/c1-10(9-20-2)16-15(19)12-4-3-5-13(8-12)17-14(18)11-6-7-11/h3-5,8,10-11H,6-7,9H2,1-2H3,(H,16,19)(H,17,18)/t10-/m0/s1. The van der Waals surface area contributed by atoms with Crippen molar-refractivity contribution in [2.75, 3.05) is 19.0 Å². The van der Waals surface area contributed by atoms with Crippen molar-refractivity contribution in [3.8, 4) is 0 Å². The van der Waals surface area contributed by atoms with Gasteiger partial charge in [-0.2, -0.15) is 0 Å². The van der Waals surface area contributed by atoms with Crippen molar-refractivity contribution < 1.29 is 14.3 Å². The van der Waals surface area contributed by atoms with Gasteiger partial charge in [0.15, 0.2) is 0 Å². The third-order valence-corrected chi connectivity index (χ3v) is 3.13. The minimum absolute atomic E-state index is 0.0373. The van der Waals surface area contributed by atoms with E-state index in [0.717, 1.165) is 12.8 Å². The van der Waals surface area contributed by atoms with Crippen molar-refractivity contribution in [2.45, 2.75) is 25.8 Å². The highest BCUT2D eigenvalue weighted by Gasteiger charge is 2.29. The van der Waals surface area contributed by atoms with Gasteiger partial charge in [0, 0.05) is 30.3 Å². The first-order valence-electron chi connectivity index (χ1n) is 6.81. The SMILES string of the molecule is COC[C@H](C)NC(=O)c1cccc(NC(=O)C2CC2)c1. The monoisotopic (exact) mass is 276 g/mol. The number of methoxy groups -OCH3 is 1. The van der Waals surface area contributed by atoms with E-state index < -0.39 is 0 Å². The summed E-state index contributed by atoms with van der Waals surface area (Å²) < 4.78 is 4.98. The van der Waals surface area contributed by atoms with E-state index >= 15 is 0 Å². The number of nitrogens with one attached hydrogen (secondary N) is 2. The summed E-state index contributed by atoms with van der Waals surface area (Å²) in [6.45, 7) is 2.34. The molecule has 0 radical (unpaired) electrons. The van der Waals surface area contributed by atoms with Gasteiger partial charge in [0.05, 0.1) is 6.61 Å². The topological polar surface area (TPSA) is 67.4 Å². The Kier molecular flexibility index (Phi) is 4.74. The summed E-state index contributed by atoms with van der Waals surface area (Å²) in [5, 5.41) is 5.67. The quantitative estimate of drug-likeness (QED) is 0.832. The van der Waals surface area contributed by atoms with E-state index in [4.69, 9.17) is 4.74 Å². The number of ether oxygens (including phenoxy) is 1. The molecule has 20 heavy (non-hydrogen) atoms. The second-order valence-electron chi connectivity index (χ2n) is 5.17. The van der Waals surface area contributed by atoms with E-state index in [-0.39, 0.29) is 23.8 Å². The van der Waals surface area contributed by atoms with E-state index in [9.17, 15) is 9.59 Å². The molecule has 1 saturated carbocycles. The highest BCUT2D eigenvalue weighted by atomic mass is 16.5. The van der Waals surface area contributed by atoms with Gasteiger partial charge < -0.3 is 15.4 Å². The molecule has 0 unspecified atom stereocenters. The van der Waals surface area contributed by atoms with Crippen LogP contribution in [0, 0.1) is 5.92 Å². The van der Waals surface area contributed by atoms with Crippen LogP contribution >= 0.6 is 0 Å². The van der Waals surface area contributed by atoms with Crippen LogP contribution in [-0.4, -0.2) is 31.6 Å². The van der Waals surface area contributed by atoms with E-state index in [0.29, 0.717) is 17.9 Å². The van der Waals surface area contributed by atoms with Crippen molar-refractivity contribution in [1.29, 1.82) is 0 Å². The van der Waals surface area contributed by atoms with Crippen molar-refractivity contribution in [3.05, 3.63) is 29.8 Å². The Labute approximate surface area is 118 Å². The van der Waals surface area contributed by atoms with Crippen LogP contribution in [0.2, 0.25) is 0 Å². The number of carbonyl (C=O) groups is 2. The first kappa shape index (κ1) is 14.5. The molecule has 1 aromatic carbocycles. The largest absolute Gasteiger partial charge is 0.383 e. The molecule has 0 bridgehead atoms. The fourth-order valence-corrected chi connectivity index (χ4v) is 1.93. The van der Waals surface area contributed by atoms with E-state index in [1.165, 1.54) is 0 Å². The van der Waals surface area contributed by atoms with Crippen LogP contribution in [-0.2, 0) is 9.53 Å². The summed E-state index contributed by atoms with van der Waals surface area (Å²) in [6, 6.07) is 6.90. The zero-order chi connectivity index (χ0) is 14.5. The van der Waals surface area contributed by atoms with Crippen molar-refractivity contribution >= 4 is 17.5 Å². The Hall–Kier alpha value is -1.88. The van der Waals surface area contributed by atoms with Crippen LogP contribution in [0.5, 0.6) is 0 Å². The smallest absolute Gasteiger partial charge is 0.251 e. The third kappa shape index (κ3) is 4.06. The maximum Gasteiger partial charge on any atom is 0.251 e. The zero-order valence-corrected chi connectivity index (χ0v) is 11.8. The molecule has 0 spiro atoms. The van der Waals surface area contributed by atoms with E-state index in [2.05, 4.69) is 10.6 Å². The van der Waals surface area contributed by atoms with Gasteiger partial charge in [0.1, 0.15) is 0 Å². The lowest BCUT2D eigenvalue weighted by Crippen LogP contribution is -2.35. The molecule has 0 aliphatic heterocycles. The third-order valence-electron chi connectivity index (χ3n) is 3.13. The number of benzene rings is 1. The lowest BCUT2D eigenvalue weighted by atomic mass is 10.1. The van der Waals surface area contributed by atoms with Gasteiger partial charge in [0.25, 0.3) is 5.91 Å². The van der Waals surface area contributed by atoms with Gasteiger partial charge >= 0.3 is 0 Å². The zero-order valence-electron chi connectivity index (χ0n) is 11.8. The first-order chi connectivity index (χ1) is 9.60. The summed E-state index contributed by atoms with van der Waals surface area (Å²) in [4.78, 5) is 23.7. The number of hydrogen-bond donors (Lipinski definition) is 2. The highest BCUT2D eigenvalue weighted by Crippen LogP contribution is 2.30. The van der Waals surface area contributed by atoms with Crippen LogP contribution in [0.15, 0.2) is 24.3 Å². The lowest BCUT2D eigenvalue weighted by Gasteiger charge is -2.13. The van der Waals surface area contributed by atoms with Gasteiger partial charge in [-0.1, -0.05) is 6.07 Å². The molecule has 5 nitrogen and oxygen atoms in total. The molecule has 2 N–H and O–H groups in total. The summed E-state index contributed by atoms with van der Waals surface area (Å²) in [6.07, 6.45) is 1.92. The van der Waals surface area contributed by atoms with Crippen LogP contribution in [0.3, 0.4) is 0 Å². The molecule has 1 aliphatic carbocycles.